The first-order valence-electron chi connectivity index (χ1n) is 20.6. The lowest BCUT2D eigenvalue weighted by Gasteiger charge is -2.30. The molecule has 1 heterocycles. The molecule has 0 fully saturated rings. The summed E-state index contributed by atoms with van der Waals surface area (Å²) < 4.78 is 2.43. The molecule has 0 aliphatic rings. The van der Waals surface area contributed by atoms with Gasteiger partial charge in [-0.1, -0.05) is 182 Å². The minimum absolute atomic E-state index is 1.08. The van der Waals surface area contributed by atoms with E-state index >= 15 is 0 Å². The Hall–Kier alpha value is -7.94. The van der Waals surface area contributed by atoms with Crippen molar-refractivity contribution in [3.63, 3.8) is 0 Å². The van der Waals surface area contributed by atoms with Crippen molar-refractivity contribution in [2.75, 3.05) is 4.90 Å². The maximum absolute atomic E-state index is 2.44. The summed E-state index contributed by atoms with van der Waals surface area (Å²) in [6, 6.07) is 88.0. The van der Waals surface area contributed by atoms with Gasteiger partial charge < -0.3 is 9.47 Å². The van der Waals surface area contributed by atoms with Crippen LogP contribution in [0.5, 0.6) is 0 Å². The van der Waals surface area contributed by atoms with E-state index in [1.165, 1.54) is 54.8 Å². The molecule has 10 aromatic carbocycles. The van der Waals surface area contributed by atoms with Gasteiger partial charge in [-0.15, -0.1) is 0 Å². The number of fused-ring (bicyclic) bond motifs is 4. The van der Waals surface area contributed by atoms with E-state index in [-0.39, 0.29) is 0 Å². The summed E-state index contributed by atoms with van der Waals surface area (Å²) in [4.78, 5) is 2.44. The fourth-order valence-electron chi connectivity index (χ4n) is 8.89. The molecule has 0 radical (unpaired) electrons. The van der Waals surface area contributed by atoms with Gasteiger partial charge in [0.15, 0.2) is 0 Å². The van der Waals surface area contributed by atoms with Gasteiger partial charge in [-0.25, -0.2) is 0 Å². The monoisotopic (exact) mass is 764 g/mol. The van der Waals surface area contributed by atoms with Gasteiger partial charge in [-0.3, -0.25) is 0 Å². The summed E-state index contributed by atoms with van der Waals surface area (Å²) in [5, 5.41) is 4.99. The molecule has 0 aliphatic heterocycles. The van der Waals surface area contributed by atoms with E-state index in [2.05, 4.69) is 252 Å². The number of aromatic nitrogens is 1. The Bertz CT molecular complexity index is 3290. The lowest BCUT2D eigenvalue weighted by Crippen LogP contribution is -2.12. The standard InChI is InChI=1S/C58H40N2/c1-4-17-41(18-5-1)43-31-34-49(35-32-43)59(57-36-33-47(42-19-6-2-7-20-42)38-53(57)44-21-8-3-9-22-44)55-29-14-12-27-51(55)48-25-16-26-50(37-48)60-56-30-15-13-28-52(56)54-39-45-23-10-11-24-46(45)40-58(54)60/h1-40H. The Morgan fingerprint density at radius 1 is 0.283 bits per heavy atom. The number of hydrogen-bond acceptors (Lipinski definition) is 1. The molecule has 0 spiro atoms. The van der Waals surface area contributed by atoms with Crippen LogP contribution in [-0.4, -0.2) is 4.57 Å². The van der Waals surface area contributed by atoms with Crippen molar-refractivity contribution >= 4 is 49.6 Å². The molecule has 11 aromatic rings. The second-order valence-corrected chi connectivity index (χ2v) is 15.3. The minimum Gasteiger partial charge on any atom is -0.309 e. The Kier molecular flexibility index (Phi) is 8.87. The van der Waals surface area contributed by atoms with Crippen LogP contribution in [0, 0.1) is 0 Å². The van der Waals surface area contributed by atoms with E-state index in [0.717, 1.165) is 45.0 Å². The molecule has 0 unspecified atom stereocenters. The predicted molar refractivity (Wildman–Crippen MR) is 255 cm³/mol. The minimum atomic E-state index is 1.08. The van der Waals surface area contributed by atoms with Crippen LogP contribution < -0.4 is 4.90 Å². The highest BCUT2D eigenvalue weighted by Crippen LogP contribution is 2.46. The summed E-state index contributed by atoms with van der Waals surface area (Å²) in [5.74, 6) is 0. The molecule has 0 N–H and O–H groups in total. The van der Waals surface area contributed by atoms with E-state index in [9.17, 15) is 0 Å². The van der Waals surface area contributed by atoms with Crippen LogP contribution in [0.1, 0.15) is 0 Å². The highest BCUT2D eigenvalue weighted by Gasteiger charge is 2.22. The van der Waals surface area contributed by atoms with Crippen molar-refractivity contribution in [2.45, 2.75) is 0 Å². The van der Waals surface area contributed by atoms with Crippen LogP contribution in [0.15, 0.2) is 243 Å². The first kappa shape index (κ1) is 35.2. The third kappa shape index (κ3) is 6.32. The zero-order chi connectivity index (χ0) is 39.8. The number of nitrogens with zero attached hydrogens (tertiary/aromatic N) is 2. The average Bonchev–Trinajstić information content (AvgIpc) is 3.65. The van der Waals surface area contributed by atoms with Crippen LogP contribution in [0.2, 0.25) is 0 Å². The summed E-state index contributed by atoms with van der Waals surface area (Å²) in [5.41, 5.74) is 16.2. The SMILES string of the molecule is c1ccc(-c2ccc(N(c3ccccc3-c3cccc(-n4c5ccccc5c5cc6ccccc6cc54)c3)c3ccc(-c4ccccc4)cc3-c3ccccc3)cc2)cc1. The van der Waals surface area contributed by atoms with Gasteiger partial charge in [0, 0.05) is 33.3 Å². The van der Waals surface area contributed by atoms with Gasteiger partial charge >= 0.3 is 0 Å². The van der Waals surface area contributed by atoms with Crippen LogP contribution >= 0.6 is 0 Å². The number of para-hydroxylation sites is 2. The third-order valence-corrected chi connectivity index (χ3v) is 11.8. The maximum atomic E-state index is 2.44. The second-order valence-electron chi connectivity index (χ2n) is 15.3. The molecule has 0 saturated heterocycles. The molecular formula is C58H40N2. The fraction of sp³-hybridized carbons (Fsp3) is 0. The van der Waals surface area contributed by atoms with Gasteiger partial charge in [0.05, 0.1) is 22.4 Å². The second kappa shape index (κ2) is 15.1. The summed E-state index contributed by atoms with van der Waals surface area (Å²) in [7, 11) is 0. The smallest absolute Gasteiger partial charge is 0.0547 e. The van der Waals surface area contributed by atoms with Gasteiger partial charge in [-0.05, 0) is 105 Å². The van der Waals surface area contributed by atoms with Crippen LogP contribution in [0.4, 0.5) is 17.1 Å². The molecule has 2 nitrogen and oxygen atoms in total. The molecule has 282 valence electrons. The van der Waals surface area contributed by atoms with Crippen LogP contribution in [0.3, 0.4) is 0 Å². The number of rotatable bonds is 8. The van der Waals surface area contributed by atoms with Crippen molar-refractivity contribution in [2.24, 2.45) is 0 Å². The van der Waals surface area contributed by atoms with E-state index in [1.54, 1.807) is 0 Å². The molecule has 0 saturated carbocycles. The third-order valence-electron chi connectivity index (χ3n) is 11.8. The molecule has 0 aliphatic carbocycles. The summed E-state index contributed by atoms with van der Waals surface area (Å²) >= 11 is 0. The first-order valence-corrected chi connectivity index (χ1v) is 20.6. The lowest BCUT2D eigenvalue weighted by molar-refractivity contribution is 1.18. The molecule has 11 rings (SSSR count). The van der Waals surface area contributed by atoms with E-state index in [1.807, 2.05) is 0 Å². The van der Waals surface area contributed by atoms with E-state index in [0.29, 0.717) is 0 Å². The van der Waals surface area contributed by atoms with Gasteiger partial charge in [0.2, 0.25) is 0 Å². The van der Waals surface area contributed by atoms with E-state index in [4.69, 9.17) is 0 Å². The normalized spacial score (nSPS) is 11.3. The molecule has 0 bridgehead atoms. The van der Waals surface area contributed by atoms with Gasteiger partial charge in [-0.2, -0.15) is 0 Å². The van der Waals surface area contributed by atoms with Crippen LogP contribution in [-0.2, 0) is 0 Å². The fourth-order valence-corrected chi connectivity index (χ4v) is 8.89. The van der Waals surface area contributed by atoms with Crippen molar-refractivity contribution in [1.29, 1.82) is 0 Å². The van der Waals surface area contributed by atoms with Crippen LogP contribution in [0.25, 0.3) is 82.8 Å². The highest BCUT2D eigenvalue weighted by atomic mass is 15.1. The number of anilines is 3. The lowest BCUT2D eigenvalue weighted by atomic mass is 9.95. The topological polar surface area (TPSA) is 8.17 Å². The highest BCUT2D eigenvalue weighted by molar-refractivity contribution is 6.13. The molecule has 0 atom stereocenters. The van der Waals surface area contributed by atoms with Crippen molar-refractivity contribution in [3.05, 3.63) is 243 Å². The van der Waals surface area contributed by atoms with E-state index < -0.39 is 0 Å². The Labute approximate surface area is 350 Å². The molecule has 1 aromatic heterocycles. The average molecular weight is 765 g/mol. The number of hydrogen-bond donors (Lipinski definition) is 0. The van der Waals surface area contributed by atoms with Crippen molar-refractivity contribution in [1.82, 2.24) is 4.57 Å². The molecule has 0 amide bonds. The predicted octanol–water partition coefficient (Wildman–Crippen LogP) is 16.1. The summed E-state index contributed by atoms with van der Waals surface area (Å²) in [6.07, 6.45) is 0. The molecular weight excluding hydrogens is 725 g/mol. The Morgan fingerprint density at radius 2 is 0.833 bits per heavy atom. The molecule has 60 heavy (non-hydrogen) atoms. The summed E-state index contributed by atoms with van der Waals surface area (Å²) in [6.45, 7) is 0. The zero-order valence-electron chi connectivity index (χ0n) is 33.0. The number of benzene rings is 10. The Balaban J connectivity index is 1.12. The largest absolute Gasteiger partial charge is 0.309 e. The quantitative estimate of drug-likeness (QED) is 0.150. The first-order chi connectivity index (χ1) is 29.8. The van der Waals surface area contributed by atoms with Crippen molar-refractivity contribution < 1.29 is 0 Å². The Morgan fingerprint density at radius 3 is 1.58 bits per heavy atom. The van der Waals surface area contributed by atoms with Gasteiger partial charge in [0.25, 0.3) is 0 Å². The van der Waals surface area contributed by atoms with Gasteiger partial charge in [0.1, 0.15) is 0 Å². The molecule has 2 heteroatoms. The zero-order valence-corrected chi connectivity index (χ0v) is 33.0. The van der Waals surface area contributed by atoms with Crippen molar-refractivity contribution in [3.8, 4) is 50.2 Å². The maximum Gasteiger partial charge on any atom is 0.0547 e.